The van der Waals surface area contributed by atoms with E-state index in [9.17, 15) is 0 Å². The molecule has 0 saturated carbocycles. The van der Waals surface area contributed by atoms with Crippen molar-refractivity contribution < 1.29 is 0 Å². The molecule has 0 amide bonds. The van der Waals surface area contributed by atoms with Gasteiger partial charge in [0.1, 0.15) is 0 Å². The van der Waals surface area contributed by atoms with Crippen LogP contribution in [0.3, 0.4) is 0 Å². The smallest absolute Gasteiger partial charge is 0.160 e. The lowest BCUT2D eigenvalue weighted by atomic mass is 10.0. The largest absolute Gasteiger partial charge is 0.228 e. The summed E-state index contributed by atoms with van der Waals surface area (Å²) in [5.41, 5.74) is 8.01. The van der Waals surface area contributed by atoms with E-state index in [1.54, 1.807) is 0 Å². The highest BCUT2D eigenvalue weighted by molar-refractivity contribution is 9.10. The molecule has 1 aliphatic rings. The van der Waals surface area contributed by atoms with Crippen LogP contribution in [-0.4, -0.2) is 9.97 Å². The Morgan fingerprint density at radius 2 is 1.35 bits per heavy atom. The Kier molecular flexibility index (Phi) is 3.68. The van der Waals surface area contributed by atoms with Crippen LogP contribution in [0.1, 0.15) is 11.1 Å². The zero-order chi connectivity index (χ0) is 17.5. The normalized spacial score (nSPS) is 11.9. The van der Waals surface area contributed by atoms with Crippen molar-refractivity contribution in [2.75, 3.05) is 0 Å². The van der Waals surface area contributed by atoms with Crippen LogP contribution in [0.15, 0.2) is 83.3 Å². The minimum atomic E-state index is 0.777. The van der Waals surface area contributed by atoms with Gasteiger partial charge in [0.2, 0.25) is 0 Å². The summed E-state index contributed by atoms with van der Waals surface area (Å²) >= 11 is 3.52. The first kappa shape index (κ1) is 15.5. The van der Waals surface area contributed by atoms with Gasteiger partial charge in [0.05, 0.1) is 11.4 Å². The van der Waals surface area contributed by atoms with Gasteiger partial charge in [-0.15, -0.1) is 0 Å². The standard InChI is InChI=1S/C23H15BrN2/c24-18-12-10-15(11-13-18)21-20-14-17-8-4-5-9-19(17)22(20)26-23(25-21)16-6-2-1-3-7-16/h1-13H,14H2. The first-order valence-corrected chi connectivity index (χ1v) is 9.39. The van der Waals surface area contributed by atoms with Crippen LogP contribution in [0.4, 0.5) is 0 Å². The highest BCUT2D eigenvalue weighted by Gasteiger charge is 2.25. The third-order valence-corrected chi connectivity index (χ3v) is 5.33. The number of rotatable bonds is 2. The van der Waals surface area contributed by atoms with Gasteiger partial charge in [-0.3, -0.25) is 0 Å². The Morgan fingerprint density at radius 3 is 2.15 bits per heavy atom. The minimum absolute atomic E-state index is 0.777. The molecule has 1 heterocycles. The number of hydrogen-bond acceptors (Lipinski definition) is 2. The Bertz CT molecular complexity index is 1100. The molecule has 124 valence electrons. The lowest BCUT2D eigenvalue weighted by Gasteiger charge is -2.11. The fourth-order valence-corrected chi connectivity index (χ4v) is 3.80. The highest BCUT2D eigenvalue weighted by Crippen LogP contribution is 2.40. The molecule has 1 aromatic heterocycles. The lowest BCUT2D eigenvalue weighted by Crippen LogP contribution is -1.99. The van der Waals surface area contributed by atoms with E-state index in [2.05, 4.69) is 76.6 Å². The molecule has 4 aromatic rings. The minimum Gasteiger partial charge on any atom is -0.228 e. The molecule has 1 aliphatic carbocycles. The number of fused-ring (bicyclic) bond motifs is 3. The Labute approximate surface area is 160 Å². The summed E-state index contributed by atoms with van der Waals surface area (Å²) in [6.07, 6.45) is 0.881. The van der Waals surface area contributed by atoms with Crippen LogP contribution in [-0.2, 0) is 6.42 Å². The van der Waals surface area contributed by atoms with E-state index in [-0.39, 0.29) is 0 Å². The summed E-state index contributed by atoms with van der Waals surface area (Å²) in [7, 11) is 0. The van der Waals surface area contributed by atoms with Crippen molar-refractivity contribution in [3.05, 3.63) is 94.5 Å². The van der Waals surface area contributed by atoms with E-state index < -0.39 is 0 Å². The van der Waals surface area contributed by atoms with Gasteiger partial charge in [-0.1, -0.05) is 82.7 Å². The average molecular weight is 399 g/mol. The van der Waals surface area contributed by atoms with Gasteiger partial charge in [0, 0.05) is 33.1 Å². The van der Waals surface area contributed by atoms with E-state index in [0.717, 1.165) is 39.2 Å². The van der Waals surface area contributed by atoms with Crippen molar-refractivity contribution in [3.8, 4) is 33.9 Å². The molecular formula is C23H15BrN2. The first-order chi connectivity index (χ1) is 12.8. The van der Waals surface area contributed by atoms with Gasteiger partial charge in [-0.25, -0.2) is 9.97 Å². The fourth-order valence-electron chi connectivity index (χ4n) is 3.53. The second-order valence-corrected chi connectivity index (χ2v) is 7.35. The van der Waals surface area contributed by atoms with Crippen LogP contribution < -0.4 is 0 Å². The maximum Gasteiger partial charge on any atom is 0.160 e. The number of benzene rings is 3. The molecule has 0 unspecified atom stereocenters. The van der Waals surface area contributed by atoms with Crippen molar-refractivity contribution in [1.29, 1.82) is 0 Å². The molecule has 0 saturated heterocycles. The van der Waals surface area contributed by atoms with Crippen molar-refractivity contribution in [1.82, 2.24) is 9.97 Å². The van der Waals surface area contributed by atoms with E-state index in [0.29, 0.717) is 0 Å². The maximum atomic E-state index is 4.97. The van der Waals surface area contributed by atoms with Crippen molar-refractivity contribution in [2.24, 2.45) is 0 Å². The predicted molar refractivity (Wildman–Crippen MR) is 109 cm³/mol. The van der Waals surface area contributed by atoms with Crippen LogP contribution in [0.2, 0.25) is 0 Å². The lowest BCUT2D eigenvalue weighted by molar-refractivity contribution is 1.13. The summed E-state index contributed by atoms with van der Waals surface area (Å²) in [4.78, 5) is 9.92. The molecule has 5 rings (SSSR count). The molecule has 0 aliphatic heterocycles. The van der Waals surface area contributed by atoms with Gasteiger partial charge < -0.3 is 0 Å². The molecule has 0 N–H and O–H groups in total. The summed E-state index contributed by atoms with van der Waals surface area (Å²) in [5, 5.41) is 0. The molecule has 3 heteroatoms. The summed E-state index contributed by atoms with van der Waals surface area (Å²) in [6, 6.07) is 27.1. The van der Waals surface area contributed by atoms with Crippen molar-refractivity contribution in [2.45, 2.75) is 6.42 Å². The van der Waals surface area contributed by atoms with Gasteiger partial charge >= 0.3 is 0 Å². The highest BCUT2D eigenvalue weighted by atomic mass is 79.9. The molecule has 0 radical (unpaired) electrons. The third kappa shape index (κ3) is 2.56. The fraction of sp³-hybridized carbons (Fsp3) is 0.0435. The Hall–Kier alpha value is -2.78. The van der Waals surface area contributed by atoms with Crippen LogP contribution >= 0.6 is 15.9 Å². The molecule has 0 fully saturated rings. The quantitative estimate of drug-likeness (QED) is 0.356. The molecule has 0 atom stereocenters. The second kappa shape index (κ2) is 6.19. The molecule has 26 heavy (non-hydrogen) atoms. The van der Waals surface area contributed by atoms with Gasteiger partial charge in [0.25, 0.3) is 0 Å². The summed E-state index contributed by atoms with van der Waals surface area (Å²) in [5.74, 6) is 0.777. The first-order valence-electron chi connectivity index (χ1n) is 8.60. The zero-order valence-electron chi connectivity index (χ0n) is 14.0. The van der Waals surface area contributed by atoms with Gasteiger partial charge in [-0.2, -0.15) is 0 Å². The molecule has 3 aromatic carbocycles. The van der Waals surface area contributed by atoms with E-state index in [1.165, 1.54) is 16.7 Å². The Balaban J connectivity index is 1.78. The summed E-state index contributed by atoms with van der Waals surface area (Å²) < 4.78 is 1.07. The van der Waals surface area contributed by atoms with E-state index >= 15 is 0 Å². The second-order valence-electron chi connectivity index (χ2n) is 6.43. The number of nitrogens with zero attached hydrogens (tertiary/aromatic N) is 2. The summed E-state index contributed by atoms with van der Waals surface area (Å²) in [6.45, 7) is 0. The number of hydrogen-bond donors (Lipinski definition) is 0. The van der Waals surface area contributed by atoms with Gasteiger partial charge in [-0.05, 0) is 17.7 Å². The van der Waals surface area contributed by atoms with E-state index in [4.69, 9.17) is 9.97 Å². The molecule has 2 nitrogen and oxygen atoms in total. The van der Waals surface area contributed by atoms with E-state index in [1.807, 2.05) is 18.2 Å². The monoisotopic (exact) mass is 398 g/mol. The van der Waals surface area contributed by atoms with Crippen LogP contribution in [0, 0.1) is 0 Å². The topological polar surface area (TPSA) is 25.8 Å². The Morgan fingerprint density at radius 1 is 0.654 bits per heavy atom. The maximum absolute atomic E-state index is 4.97. The number of halogens is 1. The number of aromatic nitrogens is 2. The van der Waals surface area contributed by atoms with Crippen LogP contribution in [0.25, 0.3) is 33.9 Å². The zero-order valence-corrected chi connectivity index (χ0v) is 15.6. The molecule has 0 spiro atoms. The van der Waals surface area contributed by atoms with Crippen LogP contribution in [0.5, 0.6) is 0 Å². The van der Waals surface area contributed by atoms with Crippen molar-refractivity contribution >= 4 is 15.9 Å². The SMILES string of the molecule is Brc1ccc(-c2nc(-c3ccccc3)nc3c2Cc2ccccc2-3)cc1. The molecule has 0 bridgehead atoms. The van der Waals surface area contributed by atoms with Gasteiger partial charge in [0.15, 0.2) is 5.82 Å². The average Bonchev–Trinajstić information content (AvgIpc) is 3.07. The predicted octanol–water partition coefficient (Wildman–Crippen LogP) is 6.14. The molecular weight excluding hydrogens is 384 g/mol. The third-order valence-electron chi connectivity index (χ3n) is 4.80. The van der Waals surface area contributed by atoms with Crippen molar-refractivity contribution in [3.63, 3.8) is 0 Å².